The lowest BCUT2D eigenvalue weighted by Crippen LogP contribution is -2.26. The number of hydrogen-bond acceptors (Lipinski definition) is 3. The average molecular weight is 286 g/mol. The second-order valence-electron chi connectivity index (χ2n) is 5.15. The molecule has 6 heteroatoms. The minimum Gasteiger partial charge on any atom is -0.390 e. The molecule has 1 aromatic rings. The third kappa shape index (κ3) is 3.19. The zero-order valence-electron chi connectivity index (χ0n) is 11.5. The zero-order chi connectivity index (χ0) is 14.0. The lowest BCUT2D eigenvalue weighted by Gasteiger charge is -2.04. The fraction of sp³-hybridized carbons (Fsp3) is 0.692. The van der Waals surface area contributed by atoms with E-state index in [9.17, 15) is 13.5 Å². The van der Waals surface area contributed by atoms with Crippen LogP contribution in [0.25, 0.3) is 0 Å². The number of aromatic nitrogens is 1. The lowest BCUT2D eigenvalue weighted by atomic mass is 10.3. The summed E-state index contributed by atoms with van der Waals surface area (Å²) in [6, 6.07) is 1.64. The highest BCUT2D eigenvalue weighted by molar-refractivity contribution is 7.89. The second kappa shape index (κ2) is 5.64. The van der Waals surface area contributed by atoms with Crippen LogP contribution in [0, 0.1) is 5.92 Å². The van der Waals surface area contributed by atoms with Gasteiger partial charge < -0.3 is 9.67 Å². The molecule has 2 atom stereocenters. The summed E-state index contributed by atoms with van der Waals surface area (Å²) >= 11 is 0. The molecule has 0 spiro atoms. The third-order valence-electron chi connectivity index (χ3n) is 3.65. The van der Waals surface area contributed by atoms with Crippen molar-refractivity contribution in [3.05, 3.63) is 18.0 Å². The van der Waals surface area contributed by atoms with E-state index >= 15 is 0 Å². The number of hydrogen-bond donors (Lipinski definition) is 2. The Morgan fingerprint density at radius 2 is 2.21 bits per heavy atom. The average Bonchev–Trinajstić information content (AvgIpc) is 2.96. The van der Waals surface area contributed by atoms with E-state index in [-0.39, 0.29) is 17.5 Å². The van der Waals surface area contributed by atoms with Crippen molar-refractivity contribution in [2.45, 2.75) is 57.2 Å². The molecule has 1 aliphatic carbocycles. The van der Waals surface area contributed by atoms with Gasteiger partial charge in [-0.05, 0) is 24.8 Å². The SMILES string of the molecule is CCCn1cc(S(=O)(=O)NC2CC2CC)cc1CO. The summed E-state index contributed by atoms with van der Waals surface area (Å²) in [4.78, 5) is 0.256. The first kappa shape index (κ1) is 14.6. The van der Waals surface area contributed by atoms with Gasteiger partial charge in [0.2, 0.25) is 10.0 Å². The van der Waals surface area contributed by atoms with Crippen molar-refractivity contribution in [3.8, 4) is 0 Å². The third-order valence-corrected chi connectivity index (χ3v) is 5.11. The Labute approximate surface area is 114 Å². The molecule has 5 nitrogen and oxygen atoms in total. The number of aryl methyl sites for hydroxylation is 1. The Balaban J connectivity index is 2.16. The normalized spacial score (nSPS) is 22.7. The molecule has 0 bridgehead atoms. The maximum atomic E-state index is 12.2. The van der Waals surface area contributed by atoms with Crippen LogP contribution in [0.3, 0.4) is 0 Å². The Hall–Kier alpha value is -0.850. The Kier molecular flexibility index (Phi) is 4.32. The van der Waals surface area contributed by atoms with Crippen LogP contribution in [0.1, 0.15) is 38.8 Å². The maximum absolute atomic E-state index is 12.2. The molecule has 2 unspecified atom stereocenters. The van der Waals surface area contributed by atoms with Crippen molar-refractivity contribution < 1.29 is 13.5 Å². The largest absolute Gasteiger partial charge is 0.390 e. The van der Waals surface area contributed by atoms with Crippen LogP contribution in [-0.2, 0) is 23.2 Å². The second-order valence-corrected chi connectivity index (χ2v) is 6.86. The van der Waals surface area contributed by atoms with Crippen LogP contribution in [-0.4, -0.2) is 24.1 Å². The molecule has 0 saturated heterocycles. The van der Waals surface area contributed by atoms with Gasteiger partial charge in [0.1, 0.15) is 0 Å². The first-order valence-electron chi connectivity index (χ1n) is 6.84. The minimum absolute atomic E-state index is 0.0853. The molecule has 0 aromatic carbocycles. The van der Waals surface area contributed by atoms with Crippen molar-refractivity contribution in [1.29, 1.82) is 0 Å². The summed E-state index contributed by atoms with van der Waals surface area (Å²) < 4.78 is 29.0. The van der Waals surface area contributed by atoms with Crippen molar-refractivity contribution in [1.82, 2.24) is 9.29 Å². The van der Waals surface area contributed by atoms with Gasteiger partial charge in [-0.2, -0.15) is 0 Å². The maximum Gasteiger partial charge on any atom is 0.242 e. The highest BCUT2D eigenvalue weighted by Gasteiger charge is 2.38. The van der Waals surface area contributed by atoms with Crippen molar-refractivity contribution in [2.24, 2.45) is 5.92 Å². The highest BCUT2D eigenvalue weighted by atomic mass is 32.2. The summed E-state index contributed by atoms with van der Waals surface area (Å²) in [7, 11) is -3.45. The molecule has 2 rings (SSSR count). The van der Waals surface area contributed by atoms with Gasteiger partial charge in [0, 0.05) is 24.5 Å². The molecule has 1 fully saturated rings. The van der Waals surface area contributed by atoms with E-state index in [0.29, 0.717) is 18.2 Å². The van der Waals surface area contributed by atoms with Gasteiger partial charge in [-0.1, -0.05) is 20.3 Å². The minimum atomic E-state index is -3.45. The predicted molar refractivity (Wildman–Crippen MR) is 73.2 cm³/mol. The Bertz CT molecular complexity index is 536. The number of nitrogens with one attached hydrogen (secondary N) is 1. The number of nitrogens with zero attached hydrogens (tertiary/aromatic N) is 1. The number of rotatable bonds is 7. The fourth-order valence-corrected chi connectivity index (χ4v) is 3.74. The van der Waals surface area contributed by atoms with E-state index in [2.05, 4.69) is 11.6 Å². The van der Waals surface area contributed by atoms with Crippen molar-refractivity contribution in [2.75, 3.05) is 0 Å². The van der Waals surface area contributed by atoms with E-state index in [1.165, 1.54) is 0 Å². The smallest absolute Gasteiger partial charge is 0.242 e. The molecule has 1 saturated carbocycles. The quantitative estimate of drug-likeness (QED) is 0.797. The van der Waals surface area contributed by atoms with Crippen molar-refractivity contribution in [3.63, 3.8) is 0 Å². The van der Waals surface area contributed by atoms with Crippen LogP contribution in [0.2, 0.25) is 0 Å². The summed E-state index contributed by atoms with van der Waals surface area (Å²) in [6.45, 7) is 4.66. The molecule has 0 amide bonds. The van der Waals surface area contributed by atoms with Crippen LogP contribution in [0.4, 0.5) is 0 Å². The molecular formula is C13H22N2O3S. The van der Waals surface area contributed by atoms with E-state index < -0.39 is 10.0 Å². The highest BCUT2D eigenvalue weighted by Crippen LogP contribution is 2.34. The van der Waals surface area contributed by atoms with Gasteiger partial charge in [0.15, 0.2) is 0 Å². The molecule has 108 valence electrons. The van der Waals surface area contributed by atoms with E-state index in [1.807, 2.05) is 6.92 Å². The van der Waals surface area contributed by atoms with Crippen LogP contribution in [0.5, 0.6) is 0 Å². The molecular weight excluding hydrogens is 264 g/mol. The Morgan fingerprint density at radius 3 is 2.74 bits per heavy atom. The number of sulfonamides is 1. The zero-order valence-corrected chi connectivity index (χ0v) is 12.3. The van der Waals surface area contributed by atoms with Gasteiger partial charge in [0.25, 0.3) is 0 Å². The molecule has 2 N–H and O–H groups in total. The summed E-state index contributed by atoms with van der Waals surface area (Å²) in [5.41, 5.74) is 0.644. The van der Waals surface area contributed by atoms with Gasteiger partial charge in [-0.15, -0.1) is 0 Å². The molecule has 1 aromatic heterocycles. The fourth-order valence-electron chi connectivity index (χ4n) is 2.36. The molecule has 1 heterocycles. The lowest BCUT2D eigenvalue weighted by molar-refractivity contribution is 0.270. The number of aliphatic hydroxyl groups excluding tert-OH is 1. The predicted octanol–water partition coefficient (Wildman–Crippen LogP) is 1.47. The summed E-state index contributed by atoms with van der Waals surface area (Å²) in [6.07, 6.45) is 4.44. The van der Waals surface area contributed by atoms with Crippen LogP contribution < -0.4 is 4.72 Å². The van der Waals surface area contributed by atoms with Gasteiger partial charge >= 0.3 is 0 Å². The molecule has 0 radical (unpaired) electrons. The summed E-state index contributed by atoms with van der Waals surface area (Å²) in [5, 5.41) is 9.26. The van der Waals surface area contributed by atoms with E-state index in [4.69, 9.17) is 0 Å². The van der Waals surface area contributed by atoms with Crippen molar-refractivity contribution >= 4 is 10.0 Å². The Morgan fingerprint density at radius 1 is 1.47 bits per heavy atom. The van der Waals surface area contributed by atoms with Crippen LogP contribution in [0.15, 0.2) is 17.2 Å². The first-order chi connectivity index (χ1) is 9.01. The van der Waals surface area contributed by atoms with Crippen LogP contribution >= 0.6 is 0 Å². The molecule has 0 aliphatic heterocycles. The number of aliphatic hydroxyl groups is 1. The van der Waals surface area contributed by atoms with Gasteiger partial charge in [-0.3, -0.25) is 0 Å². The van der Waals surface area contributed by atoms with Gasteiger partial charge in [0.05, 0.1) is 11.5 Å². The van der Waals surface area contributed by atoms with Gasteiger partial charge in [-0.25, -0.2) is 13.1 Å². The molecule has 19 heavy (non-hydrogen) atoms. The standard InChI is InChI=1S/C13H22N2O3S/c1-3-5-15-8-12(7-11(15)9-16)19(17,18)14-13-6-10(13)4-2/h7-8,10,13-14,16H,3-6,9H2,1-2H3. The monoisotopic (exact) mass is 286 g/mol. The molecule has 1 aliphatic rings. The summed E-state index contributed by atoms with van der Waals surface area (Å²) in [5.74, 6) is 0.477. The first-order valence-corrected chi connectivity index (χ1v) is 8.32. The van der Waals surface area contributed by atoms with E-state index in [1.54, 1.807) is 16.8 Å². The van der Waals surface area contributed by atoms with E-state index in [0.717, 1.165) is 19.3 Å². The topological polar surface area (TPSA) is 71.3 Å².